The zero-order valence-electron chi connectivity index (χ0n) is 10.0. The predicted octanol–water partition coefficient (Wildman–Crippen LogP) is 4.65. The van der Waals surface area contributed by atoms with Crippen LogP contribution in [0.3, 0.4) is 0 Å². The first-order chi connectivity index (χ1) is 8.54. The zero-order chi connectivity index (χ0) is 13.1. The molecule has 0 aliphatic carbocycles. The standard InChI is InChI=1S/C13H12ClIN2O/c1-8(2)13-16-11(14)7-12(17-13)18-10-5-3-9(15)4-6-10/h3-8H,1-2H3. The fraction of sp³-hybridized carbons (Fsp3) is 0.231. The summed E-state index contributed by atoms with van der Waals surface area (Å²) in [6.07, 6.45) is 0. The Bertz CT molecular complexity index is 543. The normalized spacial score (nSPS) is 10.7. The maximum absolute atomic E-state index is 5.95. The first kappa shape index (κ1) is 13.5. The Morgan fingerprint density at radius 3 is 2.44 bits per heavy atom. The van der Waals surface area contributed by atoms with E-state index in [0.717, 1.165) is 9.32 Å². The quantitative estimate of drug-likeness (QED) is 0.579. The molecule has 0 amide bonds. The molecule has 2 aromatic rings. The summed E-state index contributed by atoms with van der Waals surface area (Å²) in [5, 5.41) is 0.397. The van der Waals surface area contributed by atoms with Crippen molar-refractivity contribution < 1.29 is 4.74 Å². The average molecular weight is 375 g/mol. The molecule has 0 bridgehead atoms. The van der Waals surface area contributed by atoms with Crippen LogP contribution in [-0.2, 0) is 0 Å². The molecule has 3 nitrogen and oxygen atoms in total. The maximum atomic E-state index is 5.95. The van der Waals surface area contributed by atoms with E-state index in [0.29, 0.717) is 16.9 Å². The van der Waals surface area contributed by atoms with Gasteiger partial charge >= 0.3 is 0 Å². The number of hydrogen-bond donors (Lipinski definition) is 0. The van der Waals surface area contributed by atoms with E-state index in [1.807, 2.05) is 38.1 Å². The first-order valence-corrected chi connectivity index (χ1v) is 6.98. The van der Waals surface area contributed by atoms with Crippen LogP contribution in [0.5, 0.6) is 11.6 Å². The van der Waals surface area contributed by atoms with Crippen molar-refractivity contribution in [1.29, 1.82) is 0 Å². The highest BCUT2D eigenvalue weighted by molar-refractivity contribution is 14.1. The average Bonchev–Trinajstić information content (AvgIpc) is 2.31. The lowest BCUT2D eigenvalue weighted by Gasteiger charge is -2.08. The van der Waals surface area contributed by atoms with Crippen LogP contribution in [0, 0.1) is 3.57 Å². The van der Waals surface area contributed by atoms with Crippen LogP contribution in [0.15, 0.2) is 30.3 Å². The Kier molecular flexibility index (Phi) is 4.40. The smallest absolute Gasteiger partial charge is 0.224 e. The zero-order valence-corrected chi connectivity index (χ0v) is 12.9. The summed E-state index contributed by atoms with van der Waals surface area (Å²) in [5.41, 5.74) is 0. The van der Waals surface area contributed by atoms with Crippen molar-refractivity contribution >= 4 is 34.2 Å². The number of halogens is 2. The van der Waals surface area contributed by atoms with E-state index in [9.17, 15) is 0 Å². The molecule has 0 spiro atoms. The van der Waals surface area contributed by atoms with Gasteiger partial charge in [-0.3, -0.25) is 0 Å². The van der Waals surface area contributed by atoms with Gasteiger partial charge in [0, 0.05) is 15.6 Å². The summed E-state index contributed by atoms with van der Waals surface area (Å²) in [4.78, 5) is 8.49. The molecular formula is C13H12ClIN2O. The van der Waals surface area contributed by atoms with Crippen molar-refractivity contribution in [2.45, 2.75) is 19.8 Å². The second-order valence-corrected chi connectivity index (χ2v) is 5.73. The Morgan fingerprint density at radius 2 is 1.83 bits per heavy atom. The van der Waals surface area contributed by atoms with E-state index in [-0.39, 0.29) is 5.92 Å². The highest BCUT2D eigenvalue weighted by atomic mass is 127. The Hall–Kier alpha value is -0.880. The minimum absolute atomic E-state index is 0.211. The van der Waals surface area contributed by atoms with Gasteiger partial charge in [-0.05, 0) is 46.9 Å². The third-order valence-corrected chi connectivity index (χ3v) is 3.15. The van der Waals surface area contributed by atoms with Gasteiger partial charge in [-0.2, -0.15) is 4.98 Å². The number of nitrogens with zero attached hydrogens (tertiary/aromatic N) is 2. The summed E-state index contributed by atoms with van der Waals surface area (Å²) in [6, 6.07) is 9.36. The number of ether oxygens (including phenoxy) is 1. The van der Waals surface area contributed by atoms with Gasteiger partial charge in [0.15, 0.2) is 0 Å². The first-order valence-electron chi connectivity index (χ1n) is 5.52. The van der Waals surface area contributed by atoms with E-state index in [1.165, 1.54) is 0 Å². The monoisotopic (exact) mass is 374 g/mol. The Balaban J connectivity index is 2.26. The lowest BCUT2D eigenvalue weighted by Crippen LogP contribution is -1.99. The largest absolute Gasteiger partial charge is 0.439 e. The Morgan fingerprint density at radius 1 is 1.17 bits per heavy atom. The van der Waals surface area contributed by atoms with Crippen molar-refractivity contribution in [1.82, 2.24) is 9.97 Å². The molecule has 0 unspecified atom stereocenters. The second kappa shape index (κ2) is 5.84. The van der Waals surface area contributed by atoms with Crippen LogP contribution in [-0.4, -0.2) is 9.97 Å². The molecule has 0 saturated carbocycles. The molecular weight excluding hydrogens is 363 g/mol. The molecule has 0 aliphatic heterocycles. The van der Waals surface area contributed by atoms with Gasteiger partial charge in [0.2, 0.25) is 5.88 Å². The maximum Gasteiger partial charge on any atom is 0.224 e. The molecule has 1 aromatic heterocycles. The molecule has 0 aliphatic rings. The minimum Gasteiger partial charge on any atom is -0.439 e. The van der Waals surface area contributed by atoms with Crippen molar-refractivity contribution in [2.75, 3.05) is 0 Å². The molecule has 94 valence electrons. The molecule has 0 atom stereocenters. The van der Waals surface area contributed by atoms with Gasteiger partial charge in [-0.1, -0.05) is 25.4 Å². The topological polar surface area (TPSA) is 35.0 Å². The fourth-order valence-corrected chi connectivity index (χ4v) is 1.89. The van der Waals surface area contributed by atoms with Crippen molar-refractivity contribution in [2.24, 2.45) is 0 Å². The number of aromatic nitrogens is 2. The van der Waals surface area contributed by atoms with Crippen molar-refractivity contribution in [3.05, 3.63) is 44.9 Å². The lowest BCUT2D eigenvalue weighted by atomic mass is 10.2. The SMILES string of the molecule is CC(C)c1nc(Cl)cc(Oc2ccc(I)cc2)n1. The highest BCUT2D eigenvalue weighted by Crippen LogP contribution is 2.24. The van der Waals surface area contributed by atoms with Crippen LogP contribution in [0.2, 0.25) is 5.15 Å². The number of benzene rings is 1. The van der Waals surface area contributed by atoms with Crippen LogP contribution in [0.4, 0.5) is 0 Å². The number of rotatable bonds is 3. The third kappa shape index (κ3) is 3.55. The van der Waals surface area contributed by atoms with Gasteiger partial charge in [-0.25, -0.2) is 4.98 Å². The van der Waals surface area contributed by atoms with Crippen LogP contribution in [0.1, 0.15) is 25.6 Å². The van der Waals surface area contributed by atoms with Crippen LogP contribution >= 0.6 is 34.2 Å². The lowest BCUT2D eigenvalue weighted by molar-refractivity contribution is 0.457. The molecule has 0 N–H and O–H groups in total. The van der Waals surface area contributed by atoms with Crippen LogP contribution < -0.4 is 4.74 Å². The summed E-state index contributed by atoms with van der Waals surface area (Å²) in [7, 11) is 0. The van der Waals surface area contributed by atoms with Crippen molar-refractivity contribution in [3.8, 4) is 11.6 Å². The summed E-state index contributed by atoms with van der Waals surface area (Å²) >= 11 is 8.20. The molecule has 18 heavy (non-hydrogen) atoms. The van der Waals surface area contributed by atoms with E-state index in [1.54, 1.807) is 6.07 Å². The van der Waals surface area contributed by atoms with Crippen LogP contribution in [0.25, 0.3) is 0 Å². The second-order valence-electron chi connectivity index (χ2n) is 4.10. The predicted molar refractivity (Wildman–Crippen MR) is 80.4 cm³/mol. The molecule has 1 heterocycles. The fourth-order valence-electron chi connectivity index (χ4n) is 1.35. The summed E-state index contributed by atoms with van der Waals surface area (Å²) in [6.45, 7) is 4.03. The Labute approximate surface area is 125 Å². The van der Waals surface area contributed by atoms with Gasteiger partial charge in [-0.15, -0.1) is 0 Å². The molecule has 0 saturated heterocycles. The van der Waals surface area contributed by atoms with Gasteiger partial charge < -0.3 is 4.74 Å². The minimum atomic E-state index is 0.211. The van der Waals surface area contributed by atoms with E-state index in [4.69, 9.17) is 16.3 Å². The third-order valence-electron chi connectivity index (χ3n) is 2.24. The van der Waals surface area contributed by atoms with Crippen molar-refractivity contribution in [3.63, 3.8) is 0 Å². The highest BCUT2D eigenvalue weighted by Gasteiger charge is 2.08. The molecule has 2 rings (SSSR count). The number of hydrogen-bond acceptors (Lipinski definition) is 3. The molecule has 0 fully saturated rings. The summed E-state index contributed by atoms with van der Waals surface area (Å²) < 4.78 is 6.82. The molecule has 5 heteroatoms. The van der Waals surface area contributed by atoms with Gasteiger partial charge in [0.05, 0.1) is 0 Å². The van der Waals surface area contributed by atoms with Gasteiger partial charge in [0.25, 0.3) is 0 Å². The van der Waals surface area contributed by atoms with E-state index >= 15 is 0 Å². The molecule has 0 radical (unpaired) electrons. The van der Waals surface area contributed by atoms with E-state index in [2.05, 4.69) is 32.6 Å². The molecule has 1 aromatic carbocycles. The van der Waals surface area contributed by atoms with E-state index < -0.39 is 0 Å². The van der Waals surface area contributed by atoms with Gasteiger partial charge in [0.1, 0.15) is 16.7 Å². The summed E-state index contributed by atoms with van der Waals surface area (Å²) in [5.74, 6) is 2.10.